The van der Waals surface area contributed by atoms with Crippen LogP contribution in [0, 0.1) is 19.7 Å². The zero-order chi connectivity index (χ0) is 22.8. The summed E-state index contributed by atoms with van der Waals surface area (Å²) in [6.45, 7) is 9.28. The zero-order valence-electron chi connectivity index (χ0n) is 19.2. The Balaban J connectivity index is 1.80. The second-order valence-electron chi connectivity index (χ2n) is 8.58. The number of anilines is 2. The molecule has 0 aliphatic carbocycles. The van der Waals surface area contributed by atoms with Crippen molar-refractivity contribution in [3.63, 3.8) is 0 Å². The van der Waals surface area contributed by atoms with E-state index in [4.69, 9.17) is 4.74 Å². The molecule has 32 heavy (non-hydrogen) atoms. The number of hydrogen-bond acceptors (Lipinski definition) is 5. The number of rotatable bonds is 6. The van der Waals surface area contributed by atoms with Crippen molar-refractivity contribution < 1.29 is 14.2 Å². The summed E-state index contributed by atoms with van der Waals surface area (Å²) < 4.78 is 19.9. The summed E-state index contributed by atoms with van der Waals surface area (Å²) >= 11 is 0. The van der Waals surface area contributed by atoms with Crippen molar-refractivity contribution in [2.75, 3.05) is 18.5 Å². The molecule has 3 aromatic rings. The van der Waals surface area contributed by atoms with Crippen LogP contribution < -0.4 is 5.32 Å². The minimum atomic E-state index is -0.783. The lowest BCUT2D eigenvalue weighted by Crippen LogP contribution is -2.53. The number of aromatic nitrogens is 1. The van der Waals surface area contributed by atoms with E-state index >= 15 is 0 Å². The van der Waals surface area contributed by atoms with Crippen LogP contribution in [0.5, 0.6) is 0 Å². The van der Waals surface area contributed by atoms with Crippen LogP contribution in [0.25, 0.3) is 10.8 Å². The van der Waals surface area contributed by atoms with Crippen molar-refractivity contribution in [1.29, 1.82) is 0 Å². The number of aryl methyl sites for hydroxylation is 1. The first-order valence-corrected chi connectivity index (χ1v) is 11.4. The van der Waals surface area contributed by atoms with Crippen molar-refractivity contribution >= 4 is 22.3 Å². The highest BCUT2D eigenvalue weighted by Gasteiger charge is 2.35. The maximum atomic E-state index is 14.1. The number of pyridine rings is 1. The third kappa shape index (κ3) is 4.10. The SMILES string of the molecule is CCC1COCC(CC)N1C(O)c1cnc(Nc2cccc(F)c2C)c2cccc(C)c12. The van der Waals surface area contributed by atoms with Gasteiger partial charge in [-0.05, 0) is 49.8 Å². The van der Waals surface area contributed by atoms with E-state index < -0.39 is 6.23 Å². The molecular formula is C26H32FN3O2. The average Bonchev–Trinajstić information content (AvgIpc) is 2.81. The monoisotopic (exact) mass is 437 g/mol. The first kappa shape index (κ1) is 22.6. The summed E-state index contributed by atoms with van der Waals surface area (Å²) in [6, 6.07) is 11.3. The van der Waals surface area contributed by atoms with Crippen LogP contribution in [0.1, 0.15) is 49.6 Å². The Kier molecular flexibility index (Phi) is 6.74. The average molecular weight is 438 g/mol. The molecule has 0 radical (unpaired) electrons. The Labute approximate surface area is 189 Å². The standard InChI is InChI=1S/C26H32FN3O2/c1-5-18-14-32-15-19(6-2)30(18)26(31)21-13-28-25(20-10-7-9-16(3)24(20)21)29-23-12-8-11-22(27)17(23)4/h7-13,18-19,26,31H,5-6,14-15H2,1-4H3,(H,28,29). The number of morpholine rings is 1. The van der Waals surface area contributed by atoms with Crippen LogP contribution in [0.2, 0.25) is 0 Å². The second-order valence-corrected chi connectivity index (χ2v) is 8.58. The summed E-state index contributed by atoms with van der Waals surface area (Å²) in [4.78, 5) is 6.87. The third-order valence-electron chi connectivity index (χ3n) is 6.64. The fourth-order valence-corrected chi connectivity index (χ4v) is 4.71. The van der Waals surface area contributed by atoms with Gasteiger partial charge in [0.05, 0.1) is 13.2 Å². The lowest BCUT2D eigenvalue weighted by molar-refractivity contribution is -0.131. The van der Waals surface area contributed by atoms with E-state index in [1.165, 1.54) is 6.07 Å². The molecule has 1 aliphatic heterocycles. The number of nitrogens with one attached hydrogen (secondary N) is 1. The molecule has 1 aromatic heterocycles. The summed E-state index contributed by atoms with van der Waals surface area (Å²) in [7, 11) is 0. The van der Waals surface area contributed by atoms with Gasteiger partial charge in [0.25, 0.3) is 0 Å². The molecule has 0 saturated carbocycles. The topological polar surface area (TPSA) is 57.6 Å². The van der Waals surface area contributed by atoms with Crippen molar-refractivity contribution in [2.24, 2.45) is 0 Å². The predicted octanol–water partition coefficient (Wildman–Crippen LogP) is 5.61. The molecule has 170 valence electrons. The molecule has 3 atom stereocenters. The number of ether oxygens (including phenoxy) is 1. The van der Waals surface area contributed by atoms with Crippen LogP contribution in [0.15, 0.2) is 42.6 Å². The number of benzene rings is 2. The minimum absolute atomic E-state index is 0.149. The van der Waals surface area contributed by atoms with Gasteiger partial charge in [-0.1, -0.05) is 38.1 Å². The quantitative estimate of drug-likeness (QED) is 0.525. The molecule has 5 nitrogen and oxygen atoms in total. The van der Waals surface area contributed by atoms with Gasteiger partial charge < -0.3 is 15.2 Å². The fraction of sp³-hybridized carbons (Fsp3) is 0.423. The molecule has 3 unspecified atom stereocenters. The normalized spacial score (nSPS) is 20.4. The van der Waals surface area contributed by atoms with E-state index in [0.29, 0.717) is 30.3 Å². The van der Waals surface area contributed by atoms with E-state index in [1.54, 1.807) is 19.2 Å². The molecule has 0 amide bonds. The molecule has 0 bridgehead atoms. The summed E-state index contributed by atoms with van der Waals surface area (Å²) in [6.07, 6.45) is 2.77. The zero-order valence-corrected chi connectivity index (χ0v) is 19.2. The summed E-state index contributed by atoms with van der Waals surface area (Å²) in [5, 5.41) is 16.8. The Morgan fingerprint density at radius 1 is 1.12 bits per heavy atom. The van der Waals surface area contributed by atoms with Gasteiger partial charge in [-0.25, -0.2) is 9.37 Å². The van der Waals surface area contributed by atoms with Gasteiger partial charge in [-0.15, -0.1) is 0 Å². The van der Waals surface area contributed by atoms with Crippen molar-refractivity contribution in [2.45, 2.75) is 58.8 Å². The van der Waals surface area contributed by atoms with E-state index in [1.807, 2.05) is 31.2 Å². The lowest BCUT2D eigenvalue weighted by atomic mass is 9.97. The Hall–Kier alpha value is -2.54. The maximum absolute atomic E-state index is 14.1. The molecular weight excluding hydrogens is 405 g/mol. The predicted molar refractivity (Wildman–Crippen MR) is 127 cm³/mol. The third-order valence-corrected chi connectivity index (χ3v) is 6.64. The molecule has 1 saturated heterocycles. The number of halogens is 1. The van der Waals surface area contributed by atoms with Crippen LogP contribution in [-0.4, -0.2) is 40.3 Å². The van der Waals surface area contributed by atoms with Crippen LogP contribution >= 0.6 is 0 Å². The van der Waals surface area contributed by atoms with Gasteiger partial charge in [0.15, 0.2) is 0 Å². The van der Waals surface area contributed by atoms with E-state index in [2.05, 4.69) is 29.0 Å². The lowest BCUT2D eigenvalue weighted by Gasteiger charge is -2.44. The highest BCUT2D eigenvalue weighted by molar-refractivity contribution is 5.97. The molecule has 6 heteroatoms. The summed E-state index contributed by atoms with van der Waals surface area (Å²) in [5.41, 5.74) is 3.08. The largest absolute Gasteiger partial charge is 0.378 e. The van der Waals surface area contributed by atoms with E-state index in [0.717, 1.165) is 34.7 Å². The number of fused-ring (bicyclic) bond motifs is 1. The number of aliphatic hydroxyl groups excluding tert-OH is 1. The molecule has 2 heterocycles. The fourth-order valence-electron chi connectivity index (χ4n) is 4.71. The van der Waals surface area contributed by atoms with Gasteiger partial charge >= 0.3 is 0 Å². The van der Waals surface area contributed by atoms with Crippen LogP contribution in [0.3, 0.4) is 0 Å². The Morgan fingerprint density at radius 3 is 2.50 bits per heavy atom. The summed E-state index contributed by atoms with van der Waals surface area (Å²) in [5.74, 6) is 0.389. The van der Waals surface area contributed by atoms with E-state index in [9.17, 15) is 9.50 Å². The minimum Gasteiger partial charge on any atom is -0.378 e. The Bertz CT molecular complexity index is 1090. The molecule has 2 aromatic carbocycles. The molecule has 1 aliphatic rings. The Morgan fingerprint density at radius 2 is 1.81 bits per heavy atom. The molecule has 0 spiro atoms. The van der Waals surface area contributed by atoms with E-state index in [-0.39, 0.29) is 17.9 Å². The van der Waals surface area contributed by atoms with Crippen molar-refractivity contribution in [1.82, 2.24) is 9.88 Å². The number of aliphatic hydroxyl groups is 1. The van der Waals surface area contributed by atoms with Crippen molar-refractivity contribution in [3.8, 4) is 0 Å². The maximum Gasteiger partial charge on any atom is 0.138 e. The van der Waals surface area contributed by atoms with Crippen LogP contribution in [0.4, 0.5) is 15.9 Å². The van der Waals surface area contributed by atoms with Gasteiger partial charge in [0, 0.05) is 40.5 Å². The number of nitrogens with zero attached hydrogens (tertiary/aromatic N) is 2. The highest BCUT2D eigenvalue weighted by atomic mass is 19.1. The van der Waals surface area contributed by atoms with Gasteiger partial charge in [-0.2, -0.15) is 0 Å². The highest BCUT2D eigenvalue weighted by Crippen LogP contribution is 2.36. The first-order chi connectivity index (χ1) is 15.5. The molecule has 4 rings (SSSR count). The molecule has 2 N–H and O–H groups in total. The van der Waals surface area contributed by atoms with Crippen molar-refractivity contribution in [3.05, 3.63) is 65.1 Å². The first-order valence-electron chi connectivity index (χ1n) is 11.4. The van der Waals surface area contributed by atoms with Gasteiger partial charge in [-0.3, -0.25) is 4.90 Å². The smallest absolute Gasteiger partial charge is 0.138 e. The van der Waals surface area contributed by atoms with Crippen LogP contribution in [-0.2, 0) is 4.74 Å². The molecule has 1 fully saturated rings. The van der Waals surface area contributed by atoms with Gasteiger partial charge in [0.2, 0.25) is 0 Å². The van der Waals surface area contributed by atoms with Gasteiger partial charge in [0.1, 0.15) is 17.9 Å². The number of hydrogen-bond donors (Lipinski definition) is 2. The second kappa shape index (κ2) is 9.53.